The second kappa shape index (κ2) is 6.50. The highest BCUT2D eigenvalue weighted by Crippen LogP contribution is 2.39. The van der Waals surface area contributed by atoms with E-state index < -0.39 is 0 Å². The number of hydrogen-bond donors (Lipinski definition) is 1. The molecule has 1 spiro atoms. The summed E-state index contributed by atoms with van der Waals surface area (Å²) >= 11 is 0. The van der Waals surface area contributed by atoms with Gasteiger partial charge in [0.05, 0.1) is 5.69 Å². The van der Waals surface area contributed by atoms with Crippen molar-refractivity contribution in [2.24, 2.45) is 12.5 Å². The maximum Gasteiger partial charge on any atom is 0.0722 e. The molecule has 0 amide bonds. The summed E-state index contributed by atoms with van der Waals surface area (Å²) in [4.78, 5) is 2.65. The van der Waals surface area contributed by atoms with E-state index >= 15 is 0 Å². The van der Waals surface area contributed by atoms with Gasteiger partial charge in [-0.3, -0.25) is 9.58 Å². The summed E-state index contributed by atoms with van der Waals surface area (Å²) in [7, 11) is 2.04. The van der Waals surface area contributed by atoms with Crippen LogP contribution in [-0.2, 0) is 19.0 Å². The Bertz CT molecular complexity index is 497. The Hall–Kier alpha value is -0.580. The van der Waals surface area contributed by atoms with E-state index in [0.29, 0.717) is 5.41 Å². The van der Waals surface area contributed by atoms with Gasteiger partial charge >= 0.3 is 0 Å². The third-order valence-corrected chi connectivity index (χ3v) is 5.19. The van der Waals surface area contributed by atoms with Gasteiger partial charge in [0.15, 0.2) is 0 Å². The van der Waals surface area contributed by atoms with Crippen molar-refractivity contribution in [2.45, 2.75) is 52.0 Å². The number of rotatable bonds is 2. The highest BCUT2D eigenvalue weighted by Gasteiger charge is 2.39. The molecule has 4 nitrogen and oxygen atoms in total. The van der Waals surface area contributed by atoms with Crippen molar-refractivity contribution >= 4 is 12.4 Å². The molecule has 5 heteroatoms. The normalized spacial score (nSPS) is 22.0. The largest absolute Gasteiger partial charge is 0.317 e. The van der Waals surface area contributed by atoms with Crippen molar-refractivity contribution in [3.8, 4) is 0 Å². The predicted octanol–water partition coefficient (Wildman–Crippen LogP) is 2.71. The van der Waals surface area contributed by atoms with Gasteiger partial charge in [-0.05, 0) is 44.3 Å². The van der Waals surface area contributed by atoms with Gasteiger partial charge in [0, 0.05) is 37.3 Å². The number of nitrogens with zero attached hydrogens (tertiary/aromatic N) is 3. The van der Waals surface area contributed by atoms with Crippen LogP contribution in [0, 0.1) is 5.41 Å². The summed E-state index contributed by atoms with van der Waals surface area (Å²) in [5, 5.41) is 8.21. The van der Waals surface area contributed by atoms with Crippen LogP contribution in [0.25, 0.3) is 0 Å². The number of piperidine rings is 1. The SMILES string of the molecule is Cl.Cn1cc(CN2CCC3(CCNCC3)C2)c(C(C)(C)C)n1. The number of aromatic nitrogens is 2. The van der Waals surface area contributed by atoms with Crippen LogP contribution in [-0.4, -0.2) is 40.9 Å². The van der Waals surface area contributed by atoms with E-state index in [1.54, 1.807) is 0 Å². The van der Waals surface area contributed by atoms with Crippen LogP contribution in [0.1, 0.15) is 51.3 Å². The van der Waals surface area contributed by atoms with Crippen molar-refractivity contribution < 1.29 is 0 Å². The van der Waals surface area contributed by atoms with Gasteiger partial charge in [-0.2, -0.15) is 5.10 Å². The standard InChI is InChI=1S/C17H30N4.ClH/c1-16(2,3)15-14(11-20(4)19-15)12-21-10-7-17(13-21)5-8-18-9-6-17;/h11,18H,5-10,12-13H2,1-4H3;1H. The topological polar surface area (TPSA) is 33.1 Å². The van der Waals surface area contributed by atoms with Crippen LogP contribution in [0.15, 0.2) is 6.20 Å². The Balaban J connectivity index is 0.00000176. The number of hydrogen-bond acceptors (Lipinski definition) is 3. The van der Waals surface area contributed by atoms with E-state index in [2.05, 4.69) is 37.2 Å². The zero-order valence-electron chi connectivity index (χ0n) is 14.5. The number of halogens is 1. The van der Waals surface area contributed by atoms with Crippen LogP contribution >= 0.6 is 12.4 Å². The predicted molar refractivity (Wildman–Crippen MR) is 93.6 cm³/mol. The van der Waals surface area contributed by atoms with Gasteiger partial charge in [-0.25, -0.2) is 0 Å². The molecule has 2 aliphatic rings. The molecule has 2 aliphatic heterocycles. The van der Waals surface area contributed by atoms with Crippen LogP contribution < -0.4 is 5.32 Å². The number of nitrogens with one attached hydrogen (secondary N) is 1. The minimum atomic E-state index is 0. The minimum absolute atomic E-state index is 0. The number of aryl methyl sites for hydroxylation is 1. The number of likely N-dealkylation sites (tertiary alicyclic amines) is 1. The monoisotopic (exact) mass is 326 g/mol. The van der Waals surface area contributed by atoms with E-state index in [-0.39, 0.29) is 17.8 Å². The lowest BCUT2D eigenvalue weighted by Gasteiger charge is -2.34. The van der Waals surface area contributed by atoms with E-state index in [4.69, 9.17) is 5.10 Å². The lowest BCUT2D eigenvalue weighted by atomic mass is 9.78. The van der Waals surface area contributed by atoms with E-state index in [1.165, 1.54) is 56.7 Å². The van der Waals surface area contributed by atoms with Crippen LogP contribution in [0.3, 0.4) is 0 Å². The van der Waals surface area contributed by atoms with Crippen molar-refractivity contribution in [1.82, 2.24) is 20.0 Å². The summed E-state index contributed by atoms with van der Waals surface area (Å²) in [5.74, 6) is 0. The molecule has 0 aliphatic carbocycles. The quantitative estimate of drug-likeness (QED) is 0.907. The summed E-state index contributed by atoms with van der Waals surface area (Å²) in [5.41, 5.74) is 3.39. The molecular weight excluding hydrogens is 296 g/mol. The Morgan fingerprint density at radius 2 is 1.91 bits per heavy atom. The molecule has 0 saturated carbocycles. The average Bonchev–Trinajstić information content (AvgIpc) is 2.95. The summed E-state index contributed by atoms with van der Waals surface area (Å²) in [6.45, 7) is 12.8. The van der Waals surface area contributed by atoms with Gasteiger partial charge in [0.25, 0.3) is 0 Å². The third kappa shape index (κ3) is 3.66. The van der Waals surface area contributed by atoms with Gasteiger partial charge in [0.2, 0.25) is 0 Å². The molecule has 1 aromatic rings. The van der Waals surface area contributed by atoms with Gasteiger partial charge < -0.3 is 5.32 Å². The van der Waals surface area contributed by atoms with Crippen LogP contribution in [0.5, 0.6) is 0 Å². The molecular formula is C17H31ClN4. The first kappa shape index (κ1) is 17.8. The molecule has 1 N–H and O–H groups in total. The molecule has 3 heterocycles. The zero-order chi connectivity index (χ0) is 15.1. The summed E-state index contributed by atoms with van der Waals surface area (Å²) < 4.78 is 1.98. The zero-order valence-corrected chi connectivity index (χ0v) is 15.3. The van der Waals surface area contributed by atoms with Crippen LogP contribution in [0.4, 0.5) is 0 Å². The third-order valence-electron chi connectivity index (χ3n) is 5.19. The molecule has 2 fully saturated rings. The smallest absolute Gasteiger partial charge is 0.0722 e. The van der Waals surface area contributed by atoms with Crippen molar-refractivity contribution in [2.75, 3.05) is 26.2 Å². The van der Waals surface area contributed by atoms with Crippen molar-refractivity contribution in [1.29, 1.82) is 0 Å². The fourth-order valence-electron chi connectivity index (χ4n) is 4.05. The maximum atomic E-state index is 4.71. The molecule has 0 atom stereocenters. The lowest BCUT2D eigenvalue weighted by molar-refractivity contribution is 0.193. The molecule has 126 valence electrons. The Kier molecular flexibility index (Phi) is 5.25. The Labute approximate surface area is 141 Å². The van der Waals surface area contributed by atoms with Crippen molar-refractivity contribution in [3.05, 3.63) is 17.5 Å². The second-order valence-corrected chi connectivity index (χ2v) is 8.14. The second-order valence-electron chi connectivity index (χ2n) is 8.14. The van der Waals surface area contributed by atoms with E-state index in [9.17, 15) is 0 Å². The minimum Gasteiger partial charge on any atom is -0.317 e. The summed E-state index contributed by atoms with van der Waals surface area (Å²) in [6.07, 6.45) is 6.29. The van der Waals surface area contributed by atoms with Crippen molar-refractivity contribution in [3.63, 3.8) is 0 Å². The fraction of sp³-hybridized carbons (Fsp3) is 0.824. The highest BCUT2D eigenvalue weighted by molar-refractivity contribution is 5.85. The Morgan fingerprint density at radius 3 is 2.55 bits per heavy atom. The summed E-state index contributed by atoms with van der Waals surface area (Å²) in [6, 6.07) is 0. The molecule has 0 aromatic carbocycles. The van der Waals surface area contributed by atoms with Gasteiger partial charge in [0.1, 0.15) is 0 Å². The molecule has 22 heavy (non-hydrogen) atoms. The first-order valence-electron chi connectivity index (χ1n) is 8.34. The van der Waals surface area contributed by atoms with E-state index in [0.717, 1.165) is 6.54 Å². The first-order chi connectivity index (χ1) is 9.88. The van der Waals surface area contributed by atoms with Gasteiger partial charge in [-0.1, -0.05) is 20.8 Å². The van der Waals surface area contributed by atoms with E-state index in [1.807, 2.05) is 11.7 Å². The van der Waals surface area contributed by atoms with Gasteiger partial charge in [-0.15, -0.1) is 12.4 Å². The molecule has 3 rings (SSSR count). The van der Waals surface area contributed by atoms with Crippen LogP contribution in [0.2, 0.25) is 0 Å². The maximum absolute atomic E-state index is 4.71. The molecule has 1 aromatic heterocycles. The first-order valence-corrected chi connectivity index (χ1v) is 8.34. The lowest BCUT2D eigenvalue weighted by Crippen LogP contribution is -2.38. The molecule has 2 saturated heterocycles. The average molecular weight is 327 g/mol. The fourth-order valence-corrected chi connectivity index (χ4v) is 4.05. The molecule has 0 bridgehead atoms. The molecule has 0 unspecified atom stereocenters. The molecule has 0 radical (unpaired) electrons. The highest BCUT2D eigenvalue weighted by atomic mass is 35.5. The Morgan fingerprint density at radius 1 is 1.23 bits per heavy atom.